The first-order valence-electron chi connectivity index (χ1n) is 8.23. The van der Waals surface area contributed by atoms with Crippen LogP contribution in [0.3, 0.4) is 0 Å². The van der Waals surface area contributed by atoms with Crippen LogP contribution < -0.4 is 5.32 Å². The van der Waals surface area contributed by atoms with Crippen molar-refractivity contribution in [2.24, 2.45) is 0 Å². The SMILES string of the molecule is Cc1cc(C(=O)Nc2ccc(-n3cnnn3)c(C)c2)c2ccc(F)cc2n1. The van der Waals surface area contributed by atoms with Gasteiger partial charge in [-0.05, 0) is 66.2 Å². The lowest BCUT2D eigenvalue weighted by Gasteiger charge is -2.11. The third-order valence-electron chi connectivity index (χ3n) is 4.20. The van der Waals surface area contributed by atoms with Gasteiger partial charge in [-0.3, -0.25) is 9.78 Å². The average molecular weight is 362 g/mol. The number of halogens is 1. The molecule has 0 radical (unpaired) electrons. The molecule has 2 heterocycles. The van der Waals surface area contributed by atoms with E-state index < -0.39 is 0 Å². The summed E-state index contributed by atoms with van der Waals surface area (Å²) >= 11 is 0. The van der Waals surface area contributed by atoms with Gasteiger partial charge in [0.1, 0.15) is 12.1 Å². The van der Waals surface area contributed by atoms with Crippen LogP contribution in [-0.4, -0.2) is 31.1 Å². The summed E-state index contributed by atoms with van der Waals surface area (Å²) in [5.74, 6) is -0.674. The summed E-state index contributed by atoms with van der Waals surface area (Å²) in [6, 6.07) is 11.3. The standard InChI is InChI=1S/C19H15FN6O/c1-11-7-14(4-6-18(11)26-10-21-24-25-26)23-19(27)16-8-12(2)22-17-9-13(20)3-5-15(16)17/h3-10H,1-2H3,(H,23,27). The van der Waals surface area contributed by atoms with Crippen LogP contribution in [0.15, 0.2) is 48.8 Å². The van der Waals surface area contributed by atoms with Gasteiger partial charge in [0.2, 0.25) is 0 Å². The summed E-state index contributed by atoms with van der Waals surface area (Å²) in [5, 5.41) is 14.6. The first-order chi connectivity index (χ1) is 13.0. The van der Waals surface area contributed by atoms with Crippen molar-refractivity contribution in [3.63, 3.8) is 0 Å². The number of benzene rings is 2. The number of nitrogens with zero attached hydrogens (tertiary/aromatic N) is 5. The molecule has 2 aromatic heterocycles. The molecule has 8 heteroatoms. The number of hydrogen-bond acceptors (Lipinski definition) is 5. The molecule has 7 nitrogen and oxygen atoms in total. The van der Waals surface area contributed by atoms with E-state index in [9.17, 15) is 9.18 Å². The zero-order valence-electron chi connectivity index (χ0n) is 14.6. The summed E-state index contributed by atoms with van der Waals surface area (Å²) in [6.07, 6.45) is 1.51. The molecule has 27 heavy (non-hydrogen) atoms. The Bertz CT molecular complexity index is 1150. The molecular formula is C19H15FN6O. The van der Waals surface area contributed by atoms with Crippen LogP contribution >= 0.6 is 0 Å². The van der Waals surface area contributed by atoms with Crippen LogP contribution in [0.1, 0.15) is 21.6 Å². The van der Waals surface area contributed by atoms with Crippen LogP contribution in [0.25, 0.3) is 16.6 Å². The molecule has 0 aliphatic heterocycles. The molecule has 1 amide bonds. The second-order valence-electron chi connectivity index (χ2n) is 6.18. The Kier molecular flexibility index (Phi) is 4.08. The molecule has 134 valence electrons. The van der Waals surface area contributed by atoms with Crippen LogP contribution in [0.4, 0.5) is 10.1 Å². The number of hydrogen-bond donors (Lipinski definition) is 1. The predicted molar refractivity (Wildman–Crippen MR) is 98.3 cm³/mol. The molecule has 4 aromatic rings. The fourth-order valence-electron chi connectivity index (χ4n) is 2.98. The largest absolute Gasteiger partial charge is 0.322 e. The Morgan fingerprint density at radius 1 is 1.11 bits per heavy atom. The van der Waals surface area contributed by atoms with Gasteiger partial charge in [-0.25, -0.2) is 9.07 Å². The van der Waals surface area contributed by atoms with Gasteiger partial charge in [0.05, 0.1) is 16.8 Å². The zero-order valence-corrected chi connectivity index (χ0v) is 14.6. The molecule has 0 spiro atoms. The lowest BCUT2D eigenvalue weighted by atomic mass is 10.1. The van der Waals surface area contributed by atoms with E-state index in [-0.39, 0.29) is 11.7 Å². The number of anilines is 1. The number of aryl methyl sites for hydroxylation is 2. The Hall–Kier alpha value is -3.68. The van der Waals surface area contributed by atoms with Crippen LogP contribution in [-0.2, 0) is 0 Å². The van der Waals surface area contributed by atoms with Crippen molar-refractivity contribution in [3.8, 4) is 5.69 Å². The van der Waals surface area contributed by atoms with Gasteiger partial charge in [0, 0.05) is 22.8 Å². The number of rotatable bonds is 3. The number of aromatic nitrogens is 5. The van der Waals surface area contributed by atoms with E-state index in [1.54, 1.807) is 29.8 Å². The molecule has 0 fully saturated rings. The molecule has 0 aliphatic rings. The minimum absolute atomic E-state index is 0.285. The van der Waals surface area contributed by atoms with Gasteiger partial charge in [-0.2, -0.15) is 0 Å². The maximum absolute atomic E-state index is 13.5. The quantitative estimate of drug-likeness (QED) is 0.605. The molecule has 0 saturated carbocycles. The Morgan fingerprint density at radius 2 is 1.96 bits per heavy atom. The van der Waals surface area contributed by atoms with Gasteiger partial charge < -0.3 is 5.32 Å². The highest BCUT2D eigenvalue weighted by molar-refractivity contribution is 6.12. The van der Waals surface area contributed by atoms with Crippen molar-refractivity contribution in [1.29, 1.82) is 0 Å². The zero-order chi connectivity index (χ0) is 19.0. The molecule has 2 aromatic carbocycles. The highest BCUT2D eigenvalue weighted by Gasteiger charge is 2.14. The number of tetrazole rings is 1. The summed E-state index contributed by atoms with van der Waals surface area (Å²) in [6.45, 7) is 3.67. The molecule has 0 bridgehead atoms. The van der Waals surface area contributed by atoms with Crippen molar-refractivity contribution in [3.05, 3.63) is 71.4 Å². The van der Waals surface area contributed by atoms with E-state index >= 15 is 0 Å². The number of fused-ring (bicyclic) bond motifs is 1. The molecule has 1 N–H and O–H groups in total. The predicted octanol–water partition coefficient (Wildman–Crippen LogP) is 3.22. The van der Waals surface area contributed by atoms with E-state index in [0.29, 0.717) is 27.8 Å². The van der Waals surface area contributed by atoms with Gasteiger partial charge in [-0.15, -0.1) is 5.10 Å². The van der Waals surface area contributed by atoms with E-state index in [1.165, 1.54) is 18.5 Å². The Labute approximate surface area is 153 Å². The minimum atomic E-state index is -0.388. The second-order valence-corrected chi connectivity index (χ2v) is 6.18. The molecular weight excluding hydrogens is 347 g/mol. The van der Waals surface area contributed by atoms with Gasteiger partial charge in [0.15, 0.2) is 0 Å². The number of carbonyl (C=O) groups is 1. The van der Waals surface area contributed by atoms with E-state index in [1.807, 2.05) is 19.1 Å². The number of amides is 1. The second kappa shape index (κ2) is 6.56. The topological polar surface area (TPSA) is 85.6 Å². The van der Waals surface area contributed by atoms with Gasteiger partial charge >= 0.3 is 0 Å². The van der Waals surface area contributed by atoms with Crippen LogP contribution in [0, 0.1) is 19.7 Å². The van der Waals surface area contributed by atoms with Crippen molar-refractivity contribution in [1.82, 2.24) is 25.2 Å². The third-order valence-corrected chi connectivity index (χ3v) is 4.20. The normalized spacial score (nSPS) is 10.9. The maximum atomic E-state index is 13.5. The first kappa shape index (κ1) is 16.8. The highest BCUT2D eigenvalue weighted by atomic mass is 19.1. The first-order valence-corrected chi connectivity index (χ1v) is 8.23. The average Bonchev–Trinajstić information content (AvgIpc) is 3.15. The van der Waals surface area contributed by atoms with E-state index in [0.717, 1.165) is 11.3 Å². The fraction of sp³-hybridized carbons (Fsp3) is 0.105. The number of nitrogens with one attached hydrogen (secondary N) is 1. The summed E-state index contributed by atoms with van der Waals surface area (Å²) in [7, 11) is 0. The molecule has 0 atom stereocenters. The Morgan fingerprint density at radius 3 is 2.70 bits per heavy atom. The molecule has 0 aliphatic carbocycles. The van der Waals surface area contributed by atoms with Crippen molar-refractivity contribution < 1.29 is 9.18 Å². The van der Waals surface area contributed by atoms with Crippen molar-refractivity contribution >= 4 is 22.5 Å². The smallest absolute Gasteiger partial charge is 0.256 e. The van der Waals surface area contributed by atoms with Crippen LogP contribution in [0.2, 0.25) is 0 Å². The summed E-state index contributed by atoms with van der Waals surface area (Å²) in [4.78, 5) is 17.1. The monoisotopic (exact) mass is 362 g/mol. The van der Waals surface area contributed by atoms with Crippen LogP contribution in [0.5, 0.6) is 0 Å². The van der Waals surface area contributed by atoms with Gasteiger partial charge in [-0.1, -0.05) is 0 Å². The third kappa shape index (κ3) is 3.24. The highest BCUT2D eigenvalue weighted by Crippen LogP contribution is 2.22. The fourth-order valence-corrected chi connectivity index (χ4v) is 2.98. The maximum Gasteiger partial charge on any atom is 0.256 e. The van der Waals surface area contributed by atoms with E-state index in [2.05, 4.69) is 25.8 Å². The lowest BCUT2D eigenvalue weighted by Crippen LogP contribution is -2.13. The van der Waals surface area contributed by atoms with Crippen molar-refractivity contribution in [2.45, 2.75) is 13.8 Å². The van der Waals surface area contributed by atoms with Gasteiger partial charge in [0.25, 0.3) is 5.91 Å². The minimum Gasteiger partial charge on any atom is -0.322 e. The number of carbonyl (C=O) groups excluding carboxylic acids is 1. The summed E-state index contributed by atoms with van der Waals surface area (Å²) < 4.78 is 15.0. The molecule has 0 saturated heterocycles. The molecule has 0 unspecified atom stereocenters. The molecule has 4 rings (SSSR count). The summed E-state index contributed by atoms with van der Waals surface area (Å²) in [5.41, 5.74) is 3.89. The Balaban J connectivity index is 1.67. The van der Waals surface area contributed by atoms with Crippen molar-refractivity contribution in [2.75, 3.05) is 5.32 Å². The number of pyridine rings is 1. The lowest BCUT2D eigenvalue weighted by molar-refractivity contribution is 0.102. The van der Waals surface area contributed by atoms with E-state index in [4.69, 9.17) is 0 Å².